The Morgan fingerprint density at radius 1 is 0.617 bits per heavy atom. The highest BCUT2D eigenvalue weighted by Crippen LogP contribution is 2.15. The van der Waals surface area contributed by atoms with Crippen molar-refractivity contribution < 1.29 is 57.1 Å². The maximum absolute atomic E-state index is 11.9. The Morgan fingerprint density at radius 2 is 1.06 bits per heavy atom. The van der Waals surface area contributed by atoms with Crippen LogP contribution in [0.4, 0.5) is 4.79 Å². The number of carbonyl (C=O) groups is 4. The number of rotatable bonds is 28. The summed E-state index contributed by atoms with van der Waals surface area (Å²) in [4.78, 5) is 47.6. The molecule has 268 valence electrons. The van der Waals surface area contributed by atoms with Crippen molar-refractivity contribution in [2.24, 2.45) is 0 Å². The molecule has 0 fully saturated rings. The summed E-state index contributed by atoms with van der Waals surface area (Å²) in [7, 11) is 0. The van der Waals surface area contributed by atoms with Crippen LogP contribution in [0.5, 0.6) is 0 Å². The van der Waals surface area contributed by atoms with Gasteiger partial charge in [0, 0.05) is 38.2 Å². The third kappa shape index (κ3) is 22.3. The molecule has 4 amide bonds. The van der Waals surface area contributed by atoms with E-state index in [1.165, 1.54) is 12.2 Å². The summed E-state index contributed by atoms with van der Waals surface area (Å²) < 4.78 is 43.6. The molecule has 1 aliphatic carbocycles. The molecule has 1 heterocycles. The fourth-order valence-corrected chi connectivity index (χ4v) is 4.30. The number of alkyl carbamates (subject to hydrolysis) is 1. The molecule has 0 bridgehead atoms. The average molecular weight is 672 g/mol. The number of ether oxygens (including phenoxy) is 8. The van der Waals surface area contributed by atoms with Gasteiger partial charge in [0.2, 0.25) is 5.91 Å². The lowest BCUT2D eigenvalue weighted by atomic mass is 10.0. The third-order valence-electron chi connectivity index (χ3n) is 6.77. The first-order valence-corrected chi connectivity index (χ1v) is 16.5. The Hall–Kier alpha value is -2.92. The molecule has 1 aliphatic heterocycles. The minimum atomic E-state index is -0.398. The van der Waals surface area contributed by atoms with E-state index in [9.17, 15) is 19.2 Å². The van der Waals surface area contributed by atoms with Crippen molar-refractivity contribution in [1.29, 1.82) is 0 Å². The average Bonchev–Trinajstić information content (AvgIpc) is 3.37. The van der Waals surface area contributed by atoms with Gasteiger partial charge in [0.15, 0.2) is 0 Å². The Balaban J connectivity index is 1.20. The third-order valence-corrected chi connectivity index (χ3v) is 6.77. The van der Waals surface area contributed by atoms with Gasteiger partial charge in [-0.25, -0.2) is 4.79 Å². The lowest BCUT2D eigenvalue weighted by Gasteiger charge is -2.18. The maximum Gasteiger partial charge on any atom is 0.407 e. The number of hydrogen-bond donors (Lipinski definition) is 2. The van der Waals surface area contributed by atoms with Gasteiger partial charge in [0.1, 0.15) is 6.10 Å². The van der Waals surface area contributed by atoms with Crippen LogP contribution in [-0.2, 0) is 52.3 Å². The van der Waals surface area contributed by atoms with Crippen molar-refractivity contribution in [3.05, 3.63) is 24.3 Å². The first-order chi connectivity index (χ1) is 23.1. The van der Waals surface area contributed by atoms with E-state index < -0.39 is 11.8 Å². The molecular formula is C32H53N3O12. The van der Waals surface area contributed by atoms with Gasteiger partial charge in [-0.2, -0.15) is 0 Å². The number of carbonyl (C=O) groups excluding carboxylic acids is 4. The van der Waals surface area contributed by atoms with E-state index in [1.807, 2.05) is 0 Å². The quantitative estimate of drug-likeness (QED) is 0.0693. The van der Waals surface area contributed by atoms with Crippen LogP contribution < -0.4 is 10.6 Å². The Kier molecular flexibility index (Phi) is 24.1. The second kappa shape index (κ2) is 28.1. The van der Waals surface area contributed by atoms with E-state index in [-0.39, 0.29) is 31.1 Å². The molecule has 0 radical (unpaired) electrons. The van der Waals surface area contributed by atoms with Gasteiger partial charge in [0.25, 0.3) is 11.8 Å². The smallest absolute Gasteiger partial charge is 0.407 e. The van der Waals surface area contributed by atoms with Crippen LogP contribution in [0.1, 0.15) is 38.5 Å². The summed E-state index contributed by atoms with van der Waals surface area (Å²) in [5.41, 5.74) is 0. The van der Waals surface area contributed by atoms with E-state index in [4.69, 9.17) is 37.9 Å². The Bertz CT molecular complexity index is 915. The first-order valence-electron chi connectivity index (χ1n) is 16.5. The second-order valence-electron chi connectivity index (χ2n) is 10.5. The summed E-state index contributed by atoms with van der Waals surface area (Å²) in [6, 6.07) is 0. The standard InChI is InChI=1S/C32H53N3O12/c36-29(10-13-35-30(37)8-9-31(35)38)33-11-14-40-16-18-42-20-22-44-24-26-46-27-25-45-23-21-43-19-17-41-15-12-34-32(39)47-28-6-4-2-1-3-5-7-28/h1-2,8-9,28H,3-7,10-27H2,(H,33,36)(H,34,39)/b2-1+. The Labute approximate surface area is 277 Å². The summed E-state index contributed by atoms with van der Waals surface area (Å²) in [5.74, 6) is -1.05. The van der Waals surface area contributed by atoms with Crippen molar-refractivity contribution in [3.63, 3.8) is 0 Å². The minimum absolute atomic E-state index is 0.0165. The molecule has 15 heteroatoms. The van der Waals surface area contributed by atoms with Crippen LogP contribution in [0.25, 0.3) is 0 Å². The summed E-state index contributed by atoms with van der Waals surface area (Å²) in [6.07, 6.45) is 11.2. The van der Waals surface area contributed by atoms with E-state index in [0.29, 0.717) is 106 Å². The molecule has 0 saturated heterocycles. The molecule has 2 N–H and O–H groups in total. The monoisotopic (exact) mass is 671 g/mol. The fraction of sp³-hybridized carbons (Fsp3) is 0.750. The molecule has 1 unspecified atom stereocenters. The van der Waals surface area contributed by atoms with Crippen molar-refractivity contribution in [1.82, 2.24) is 15.5 Å². The number of allylic oxidation sites excluding steroid dienone is 2. The molecule has 15 nitrogen and oxygen atoms in total. The number of nitrogens with one attached hydrogen (secondary N) is 2. The molecule has 0 aromatic rings. The molecule has 47 heavy (non-hydrogen) atoms. The van der Waals surface area contributed by atoms with Crippen molar-refractivity contribution >= 4 is 23.8 Å². The highest BCUT2D eigenvalue weighted by atomic mass is 16.6. The number of amides is 4. The molecule has 0 aromatic heterocycles. The molecule has 2 rings (SSSR count). The van der Waals surface area contributed by atoms with Crippen molar-refractivity contribution in [2.75, 3.05) is 112 Å². The zero-order chi connectivity index (χ0) is 33.6. The number of hydrogen-bond acceptors (Lipinski definition) is 12. The van der Waals surface area contributed by atoms with Crippen molar-refractivity contribution in [2.45, 2.75) is 44.6 Å². The van der Waals surface area contributed by atoms with Crippen LogP contribution in [-0.4, -0.2) is 147 Å². The van der Waals surface area contributed by atoms with Crippen LogP contribution in [0, 0.1) is 0 Å². The van der Waals surface area contributed by atoms with Gasteiger partial charge in [-0.05, 0) is 32.1 Å². The predicted octanol–water partition coefficient (Wildman–Crippen LogP) is 1.15. The lowest BCUT2D eigenvalue weighted by molar-refractivity contribution is -0.137. The molecular weight excluding hydrogens is 618 g/mol. The van der Waals surface area contributed by atoms with Gasteiger partial charge in [-0.15, -0.1) is 0 Å². The highest BCUT2D eigenvalue weighted by Gasteiger charge is 2.23. The fourth-order valence-electron chi connectivity index (χ4n) is 4.30. The van der Waals surface area contributed by atoms with Gasteiger partial charge < -0.3 is 48.5 Å². The second-order valence-corrected chi connectivity index (χ2v) is 10.5. The molecule has 1 atom stereocenters. The van der Waals surface area contributed by atoms with Crippen molar-refractivity contribution in [3.8, 4) is 0 Å². The molecule has 0 saturated carbocycles. The van der Waals surface area contributed by atoms with E-state index in [1.54, 1.807) is 0 Å². The van der Waals surface area contributed by atoms with Gasteiger partial charge >= 0.3 is 6.09 Å². The first kappa shape index (κ1) is 40.3. The summed E-state index contributed by atoms with van der Waals surface area (Å²) in [5, 5.41) is 5.40. The molecule has 0 aromatic carbocycles. The van der Waals surface area contributed by atoms with E-state index in [2.05, 4.69) is 22.8 Å². The normalized spacial score (nSPS) is 17.0. The summed E-state index contributed by atoms with van der Waals surface area (Å²) >= 11 is 0. The van der Waals surface area contributed by atoms with Gasteiger partial charge in [0.05, 0.1) is 92.5 Å². The van der Waals surface area contributed by atoms with E-state index in [0.717, 1.165) is 37.0 Å². The number of nitrogens with zero attached hydrogens (tertiary/aromatic N) is 1. The minimum Gasteiger partial charge on any atom is -0.446 e. The number of imide groups is 1. The van der Waals surface area contributed by atoms with Crippen LogP contribution in [0.2, 0.25) is 0 Å². The van der Waals surface area contributed by atoms with Gasteiger partial charge in [-0.1, -0.05) is 12.2 Å². The largest absolute Gasteiger partial charge is 0.446 e. The lowest BCUT2D eigenvalue weighted by Crippen LogP contribution is -2.35. The Morgan fingerprint density at radius 3 is 1.57 bits per heavy atom. The van der Waals surface area contributed by atoms with Crippen LogP contribution >= 0.6 is 0 Å². The highest BCUT2D eigenvalue weighted by molar-refractivity contribution is 6.13. The summed E-state index contributed by atoms with van der Waals surface area (Å²) in [6.45, 7) is 6.81. The zero-order valence-electron chi connectivity index (χ0n) is 27.5. The predicted molar refractivity (Wildman–Crippen MR) is 170 cm³/mol. The molecule has 2 aliphatic rings. The van der Waals surface area contributed by atoms with Crippen LogP contribution in [0.15, 0.2) is 24.3 Å². The maximum atomic E-state index is 11.9. The molecule has 0 spiro atoms. The topological polar surface area (TPSA) is 169 Å². The SMILES string of the molecule is O=C(CCN1C(=O)C=CC1=O)NCCOCCOCCOCCOCCOCCOCCOCCNC(=O)OC1CC/C=C/CCC1. The van der Waals surface area contributed by atoms with E-state index >= 15 is 0 Å². The van der Waals surface area contributed by atoms with Crippen LogP contribution in [0.3, 0.4) is 0 Å². The van der Waals surface area contributed by atoms with Gasteiger partial charge in [-0.3, -0.25) is 19.3 Å². The zero-order valence-corrected chi connectivity index (χ0v) is 27.5.